The average molecular weight is 363 g/mol. The van der Waals surface area contributed by atoms with Crippen LogP contribution in [0.5, 0.6) is 0 Å². The fourth-order valence-electron chi connectivity index (χ4n) is 2.02. The summed E-state index contributed by atoms with van der Waals surface area (Å²) in [5, 5.41) is 3.04. The molecule has 0 spiro atoms. The lowest BCUT2D eigenvalue weighted by Crippen LogP contribution is -2.21. The van der Waals surface area contributed by atoms with E-state index in [-0.39, 0.29) is 0 Å². The lowest BCUT2D eigenvalue weighted by molar-refractivity contribution is 0.209. The average Bonchev–Trinajstić information content (AvgIpc) is 2.92. The van der Waals surface area contributed by atoms with Crippen molar-refractivity contribution in [3.8, 4) is 0 Å². The van der Waals surface area contributed by atoms with E-state index in [1.165, 1.54) is 0 Å². The molecule has 3 rings (SSSR count). The molecular weight excluding hydrogens is 348 g/mol. The van der Waals surface area contributed by atoms with Gasteiger partial charge in [-0.2, -0.15) is 0 Å². The summed E-state index contributed by atoms with van der Waals surface area (Å²) in [6.45, 7) is 3.35. The second kappa shape index (κ2) is 6.45. The molecule has 1 aliphatic rings. The second-order valence-electron chi connectivity index (χ2n) is 4.80. The van der Waals surface area contributed by atoms with Gasteiger partial charge in [0.05, 0.1) is 12.2 Å². The molecule has 3 nitrogen and oxygen atoms in total. The molecule has 0 N–H and O–H groups in total. The third-order valence-corrected chi connectivity index (χ3v) is 4.48. The van der Waals surface area contributed by atoms with Crippen LogP contribution in [0.4, 0.5) is 5.13 Å². The normalized spacial score (nSPS) is 14.7. The fraction of sp³-hybridized carbons (Fsp3) is 0.188. The Morgan fingerprint density at radius 3 is 2.86 bits per heavy atom. The molecule has 108 valence electrons. The van der Waals surface area contributed by atoms with E-state index in [0.29, 0.717) is 6.61 Å². The smallest absolute Gasteiger partial charge is 0.190 e. The number of aromatic nitrogens is 1. The molecule has 1 aliphatic heterocycles. The zero-order valence-electron chi connectivity index (χ0n) is 11.6. The standard InChI is InChI=1S/C16H15BrN2OS/c1-12-11-21-16(18-12)19-8-14(17)7-15(9-19)20-10-13-5-3-2-4-6-13/h2-7,9,11H,8,10H2,1H3. The summed E-state index contributed by atoms with van der Waals surface area (Å²) in [5.41, 5.74) is 2.20. The quantitative estimate of drug-likeness (QED) is 0.793. The van der Waals surface area contributed by atoms with E-state index < -0.39 is 0 Å². The molecular formula is C16H15BrN2OS. The highest BCUT2D eigenvalue weighted by Crippen LogP contribution is 2.27. The lowest BCUT2D eigenvalue weighted by atomic mass is 10.2. The highest BCUT2D eigenvalue weighted by atomic mass is 79.9. The summed E-state index contributed by atoms with van der Waals surface area (Å²) in [7, 11) is 0. The van der Waals surface area contributed by atoms with Crippen LogP contribution in [0, 0.1) is 6.92 Å². The van der Waals surface area contributed by atoms with Crippen molar-refractivity contribution in [2.75, 3.05) is 11.4 Å². The van der Waals surface area contributed by atoms with Gasteiger partial charge in [-0.1, -0.05) is 46.3 Å². The number of nitrogens with zero attached hydrogens (tertiary/aromatic N) is 2. The van der Waals surface area contributed by atoms with Gasteiger partial charge in [-0.3, -0.25) is 0 Å². The van der Waals surface area contributed by atoms with Crippen molar-refractivity contribution in [2.45, 2.75) is 13.5 Å². The zero-order valence-corrected chi connectivity index (χ0v) is 14.0. The van der Waals surface area contributed by atoms with Crippen LogP contribution in [0.15, 0.2) is 58.2 Å². The van der Waals surface area contributed by atoms with Gasteiger partial charge in [0.2, 0.25) is 0 Å². The first kappa shape index (κ1) is 14.4. The molecule has 0 saturated heterocycles. The van der Waals surface area contributed by atoms with Crippen molar-refractivity contribution in [1.82, 2.24) is 4.98 Å². The lowest BCUT2D eigenvalue weighted by Gasteiger charge is -2.22. The number of hydrogen-bond acceptors (Lipinski definition) is 4. The Morgan fingerprint density at radius 2 is 2.14 bits per heavy atom. The van der Waals surface area contributed by atoms with Gasteiger partial charge in [0, 0.05) is 16.1 Å². The first-order valence-electron chi connectivity index (χ1n) is 6.64. The van der Waals surface area contributed by atoms with Crippen LogP contribution in [0.1, 0.15) is 11.3 Å². The van der Waals surface area contributed by atoms with Crippen LogP contribution in [0.3, 0.4) is 0 Å². The molecule has 2 aromatic rings. The maximum absolute atomic E-state index is 5.89. The molecule has 0 atom stereocenters. The first-order chi connectivity index (χ1) is 10.2. The number of anilines is 1. The molecule has 5 heteroatoms. The number of hydrogen-bond donors (Lipinski definition) is 0. The van der Waals surface area contributed by atoms with Crippen LogP contribution in [0.25, 0.3) is 0 Å². The molecule has 0 radical (unpaired) electrons. The number of rotatable bonds is 4. The first-order valence-corrected chi connectivity index (χ1v) is 8.31. The van der Waals surface area contributed by atoms with Crippen molar-refractivity contribution < 1.29 is 4.74 Å². The molecule has 2 heterocycles. The molecule has 0 fully saturated rings. The Bertz CT molecular complexity index is 679. The molecule has 0 amide bonds. The highest BCUT2D eigenvalue weighted by Gasteiger charge is 2.15. The number of thiazole rings is 1. The van der Waals surface area contributed by atoms with Crippen molar-refractivity contribution >= 4 is 32.4 Å². The van der Waals surface area contributed by atoms with Gasteiger partial charge in [0.25, 0.3) is 0 Å². The Hall–Kier alpha value is -1.59. The van der Waals surface area contributed by atoms with E-state index in [2.05, 4.69) is 43.3 Å². The van der Waals surface area contributed by atoms with Gasteiger partial charge in [-0.05, 0) is 18.6 Å². The topological polar surface area (TPSA) is 25.4 Å². The molecule has 21 heavy (non-hydrogen) atoms. The summed E-state index contributed by atoms with van der Waals surface area (Å²) in [6.07, 6.45) is 4.02. The molecule has 0 aliphatic carbocycles. The fourth-order valence-corrected chi connectivity index (χ4v) is 3.29. The van der Waals surface area contributed by atoms with E-state index in [1.54, 1.807) is 11.3 Å². The van der Waals surface area contributed by atoms with Crippen LogP contribution in [0.2, 0.25) is 0 Å². The van der Waals surface area contributed by atoms with Gasteiger partial charge in [-0.25, -0.2) is 4.98 Å². The summed E-state index contributed by atoms with van der Waals surface area (Å²) >= 11 is 5.22. The van der Waals surface area contributed by atoms with E-state index >= 15 is 0 Å². The van der Waals surface area contributed by atoms with Crippen LogP contribution >= 0.6 is 27.3 Å². The maximum atomic E-state index is 5.89. The van der Waals surface area contributed by atoms with Crippen LogP contribution in [-0.4, -0.2) is 11.5 Å². The van der Waals surface area contributed by atoms with Crippen molar-refractivity contribution in [3.63, 3.8) is 0 Å². The SMILES string of the molecule is Cc1csc(N2C=C(OCc3ccccc3)C=C(Br)C2)n1. The predicted molar refractivity (Wildman–Crippen MR) is 90.5 cm³/mol. The predicted octanol–water partition coefficient (Wildman–Crippen LogP) is 4.61. The van der Waals surface area contributed by atoms with Crippen molar-refractivity contribution in [2.24, 2.45) is 0 Å². The summed E-state index contributed by atoms with van der Waals surface area (Å²) in [4.78, 5) is 6.62. The summed E-state index contributed by atoms with van der Waals surface area (Å²) in [5.74, 6) is 0.838. The number of benzene rings is 1. The Morgan fingerprint density at radius 1 is 1.33 bits per heavy atom. The molecule has 1 aromatic carbocycles. The van der Waals surface area contributed by atoms with Crippen LogP contribution < -0.4 is 4.90 Å². The molecule has 0 saturated carbocycles. The Balaban J connectivity index is 1.72. The Labute approximate surface area is 136 Å². The van der Waals surface area contributed by atoms with E-state index in [0.717, 1.165) is 33.2 Å². The van der Waals surface area contributed by atoms with Crippen molar-refractivity contribution in [1.29, 1.82) is 0 Å². The van der Waals surface area contributed by atoms with Gasteiger partial charge < -0.3 is 9.64 Å². The van der Waals surface area contributed by atoms with Gasteiger partial charge in [0.1, 0.15) is 12.4 Å². The monoisotopic (exact) mass is 362 g/mol. The van der Waals surface area contributed by atoms with Gasteiger partial charge >= 0.3 is 0 Å². The van der Waals surface area contributed by atoms with E-state index in [9.17, 15) is 0 Å². The molecule has 0 unspecified atom stereocenters. The van der Waals surface area contributed by atoms with Gasteiger partial charge in [0.15, 0.2) is 5.13 Å². The zero-order chi connectivity index (χ0) is 14.7. The molecule has 1 aromatic heterocycles. The highest BCUT2D eigenvalue weighted by molar-refractivity contribution is 9.11. The summed E-state index contributed by atoms with van der Waals surface area (Å²) < 4.78 is 6.97. The number of allylic oxidation sites excluding steroid dienone is 1. The minimum Gasteiger partial charge on any atom is -0.487 e. The van der Waals surface area contributed by atoms with E-state index in [4.69, 9.17) is 4.74 Å². The second-order valence-corrected chi connectivity index (χ2v) is 6.65. The Kier molecular flexibility index (Phi) is 4.41. The molecule has 0 bridgehead atoms. The van der Waals surface area contributed by atoms with Crippen molar-refractivity contribution in [3.05, 3.63) is 69.5 Å². The minimum atomic E-state index is 0.564. The van der Waals surface area contributed by atoms with Gasteiger partial charge in [-0.15, -0.1) is 11.3 Å². The van der Waals surface area contributed by atoms with E-state index in [1.807, 2.05) is 37.4 Å². The number of halogens is 1. The number of aryl methyl sites for hydroxylation is 1. The largest absolute Gasteiger partial charge is 0.487 e. The third-order valence-electron chi connectivity index (χ3n) is 3.00. The number of ether oxygens (including phenoxy) is 1. The summed E-state index contributed by atoms with van der Waals surface area (Å²) in [6, 6.07) is 10.2. The maximum Gasteiger partial charge on any atom is 0.190 e. The minimum absolute atomic E-state index is 0.564. The van der Waals surface area contributed by atoms with Crippen LogP contribution in [-0.2, 0) is 11.3 Å². The third kappa shape index (κ3) is 3.74.